The molecule has 3 rings (SSSR count). The number of rotatable bonds is 9. The van der Waals surface area contributed by atoms with Gasteiger partial charge in [0.2, 0.25) is 5.91 Å². The van der Waals surface area contributed by atoms with Crippen molar-refractivity contribution < 1.29 is 9.53 Å². The minimum atomic E-state index is 0.101. The number of aromatic nitrogens is 2. The first-order valence-electron chi connectivity index (χ1n) is 10.3. The summed E-state index contributed by atoms with van der Waals surface area (Å²) >= 11 is 0. The fourth-order valence-corrected chi connectivity index (χ4v) is 3.93. The van der Waals surface area contributed by atoms with Gasteiger partial charge in [0.15, 0.2) is 0 Å². The Labute approximate surface area is 167 Å². The van der Waals surface area contributed by atoms with Crippen LogP contribution in [0.3, 0.4) is 0 Å². The summed E-state index contributed by atoms with van der Waals surface area (Å²) < 4.78 is 7.21. The quantitative estimate of drug-likeness (QED) is 0.716. The molecule has 0 bridgehead atoms. The molecule has 28 heavy (non-hydrogen) atoms. The molecule has 1 aliphatic rings. The largest absolute Gasteiger partial charge is 0.497 e. The van der Waals surface area contributed by atoms with E-state index in [0.29, 0.717) is 12.3 Å². The number of nitrogens with zero attached hydrogens (tertiary/aromatic N) is 3. The van der Waals surface area contributed by atoms with E-state index in [1.807, 2.05) is 48.3 Å². The Balaban J connectivity index is 1.38. The fraction of sp³-hybridized carbons (Fsp3) is 0.545. The molecule has 0 radical (unpaired) electrons. The molecule has 0 unspecified atom stereocenters. The van der Waals surface area contributed by atoms with Gasteiger partial charge in [-0.1, -0.05) is 0 Å². The first-order chi connectivity index (χ1) is 13.6. The van der Waals surface area contributed by atoms with Gasteiger partial charge < -0.3 is 15.0 Å². The summed E-state index contributed by atoms with van der Waals surface area (Å²) in [5.74, 6) is 1.52. The van der Waals surface area contributed by atoms with E-state index < -0.39 is 0 Å². The van der Waals surface area contributed by atoms with Crippen molar-refractivity contribution in [2.24, 2.45) is 5.92 Å². The van der Waals surface area contributed by atoms with Gasteiger partial charge in [-0.3, -0.25) is 9.48 Å². The predicted molar refractivity (Wildman–Crippen MR) is 112 cm³/mol. The molecule has 6 nitrogen and oxygen atoms in total. The molecular weight excluding hydrogens is 352 g/mol. The van der Waals surface area contributed by atoms with Crippen LogP contribution < -0.4 is 10.1 Å². The molecule has 6 heteroatoms. The third-order valence-corrected chi connectivity index (χ3v) is 5.51. The number of carbonyl (C=O) groups excluding carboxylic acids is 1. The number of hydrogen-bond donors (Lipinski definition) is 1. The van der Waals surface area contributed by atoms with E-state index in [9.17, 15) is 4.79 Å². The zero-order chi connectivity index (χ0) is 19.8. The summed E-state index contributed by atoms with van der Waals surface area (Å²) in [6.45, 7) is 6.34. The maximum absolute atomic E-state index is 12.4. The lowest BCUT2D eigenvalue weighted by molar-refractivity contribution is -0.116. The van der Waals surface area contributed by atoms with Gasteiger partial charge in [0, 0.05) is 37.6 Å². The van der Waals surface area contributed by atoms with Crippen molar-refractivity contribution in [1.29, 1.82) is 0 Å². The minimum Gasteiger partial charge on any atom is -0.497 e. The van der Waals surface area contributed by atoms with Crippen LogP contribution in [0, 0.1) is 12.8 Å². The lowest BCUT2D eigenvalue weighted by atomic mass is 9.93. The number of benzene rings is 1. The maximum Gasteiger partial charge on any atom is 0.224 e. The van der Waals surface area contributed by atoms with Gasteiger partial charge in [-0.2, -0.15) is 5.10 Å². The Morgan fingerprint density at radius 1 is 1.36 bits per heavy atom. The monoisotopic (exact) mass is 384 g/mol. The van der Waals surface area contributed by atoms with Crippen molar-refractivity contribution in [3.8, 4) is 5.75 Å². The van der Waals surface area contributed by atoms with Gasteiger partial charge in [-0.05, 0) is 81.4 Å². The smallest absolute Gasteiger partial charge is 0.224 e. The number of aryl methyl sites for hydroxylation is 2. The number of likely N-dealkylation sites (tertiary alicyclic amines) is 1. The summed E-state index contributed by atoms with van der Waals surface area (Å²) in [7, 11) is 1.65. The molecule has 152 valence electrons. The van der Waals surface area contributed by atoms with Crippen LogP contribution in [0.5, 0.6) is 5.75 Å². The van der Waals surface area contributed by atoms with Gasteiger partial charge in [0.05, 0.1) is 7.11 Å². The molecule has 1 aliphatic heterocycles. The zero-order valence-corrected chi connectivity index (χ0v) is 17.1. The summed E-state index contributed by atoms with van der Waals surface area (Å²) in [5.41, 5.74) is 1.89. The maximum atomic E-state index is 12.4. The van der Waals surface area contributed by atoms with Gasteiger partial charge >= 0.3 is 0 Å². The number of piperidine rings is 1. The van der Waals surface area contributed by atoms with Crippen molar-refractivity contribution >= 4 is 11.6 Å². The SMILES string of the molecule is COc1ccc(NC(=O)CC[C@H]2CCCN(CCCn3cccn3)C2)c(C)c1. The number of nitrogens with one attached hydrogen (secondary N) is 1. The van der Waals surface area contributed by atoms with E-state index in [4.69, 9.17) is 4.74 Å². The van der Waals surface area contributed by atoms with Crippen LogP contribution in [0.1, 0.15) is 37.7 Å². The Morgan fingerprint density at radius 2 is 2.25 bits per heavy atom. The van der Waals surface area contributed by atoms with E-state index in [-0.39, 0.29) is 5.91 Å². The third kappa shape index (κ3) is 6.09. The first kappa shape index (κ1) is 20.4. The molecule has 0 saturated carbocycles. The molecule has 1 saturated heterocycles. The van der Waals surface area contributed by atoms with Gasteiger partial charge in [0.25, 0.3) is 0 Å². The number of ether oxygens (including phenoxy) is 1. The molecule has 0 spiro atoms. The summed E-state index contributed by atoms with van der Waals surface area (Å²) in [4.78, 5) is 14.9. The molecule has 1 aromatic heterocycles. The second-order valence-corrected chi connectivity index (χ2v) is 7.70. The van der Waals surface area contributed by atoms with Crippen LogP contribution >= 0.6 is 0 Å². The summed E-state index contributed by atoms with van der Waals surface area (Å²) in [6, 6.07) is 7.70. The number of methoxy groups -OCH3 is 1. The highest BCUT2D eigenvalue weighted by atomic mass is 16.5. The molecule has 2 heterocycles. The molecule has 1 aromatic carbocycles. The van der Waals surface area contributed by atoms with E-state index in [1.54, 1.807) is 7.11 Å². The van der Waals surface area contributed by atoms with Crippen LogP contribution in [0.2, 0.25) is 0 Å². The van der Waals surface area contributed by atoms with Crippen LogP contribution in [0.15, 0.2) is 36.7 Å². The van der Waals surface area contributed by atoms with Gasteiger partial charge in [-0.15, -0.1) is 0 Å². The highest BCUT2D eigenvalue weighted by molar-refractivity contribution is 5.91. The Bertz CT molecular complexity index is 745. The van der Waals surface area contributed by atoms with Crippen molar-refractivity contribution in [3.63, 3.8) is 0 Å². The number of anilines is 1. The molecular formula is C22H32N4O2. The lowest BCUT2D eigenvalue weighted by Crippen LogP contribution is -2.36. The van der Waals surface area contributed by atoms with E-state index in [2.05, 4.69) is 15.3 Å². The molecule has 1 atom stereocenters. The highest BCUT2D eigenvalue weighted by Gasteiger charge is 2.20. The number of carbonyl (C=O) groups is 1. The number of amides is 1. The third-order valence-electron chi connectivity index (χ3n) is 5.51. The Morgan fingerprint density at radius 3 is 3.00 bits per heavy atom. The second-order valence-electron chi connectivity index (χ2n) is 7.70. The zero-order valence-electron chi connectivity index (χ0n) is 17.1. The second kappa shape index (κ2) is 10.3. The van der Waals surface area contributed by atoms with Gasteiger partial charge in [-0.25, -0.2) is 0 Å². The first-order valence-corrected chi connectivity index (χ1v) is 10.3. The summed E-state index contributed by atoms with van der Waals surface area (Å²) in [5, 5.41) is 7.30. The summed E-state index contributed by atoms with van der Waals surface area (Å²) in [6.07, 6.45) is 8.95. The standard InChI is InChI=1S/C22H32N4O2/c1-18-16-20(28-2)8-9-21(18)24-22(27)10-7-19-6-3-12-25(17-19)13-5-15-26-14-4-11-23-26/h4,8-9,11,14,16,19H,3,5-7,10,12-13,15,17H2,1-2H3,(H,24,27)/t19-/m1/s1. The topological polar surface area (TPSA) is 59.4 Å². The van der Waals surface area contributed by atoms with Crippen LogP contribution in [-0.2, 0) is 11.3 Å². The minimum absolute atomic E-state index is 0.101. The van der Waals surface area contributed by atoms with Crippen molar-refractivity contribution in [2.75, 3.05) is 32.1 Å². The van der Waals surface area contributed by atoms with Crippen LogP contribution in [0.4, 0.5) is 5.69 Å². The number of hydrogen-bond acceptors (Lipinski definition) is 4. The molecule has 1 fully saturated rings. The normalized spacial score (nSPS) is 17.4. The van der Waals surface area contributed by atoms with E-state index in [1.165, 1.54) is 19.4 Å². The van der Waals surface area contributed by atoms with E-state index >= 15 is 0 Å². The predicted octanol–water partition coefficient (Wildman–Crippen LogP) is 3.72. The van der Waals surface area contributed by atoms with Crippen molar-refractivity contribution in [1.82, 2.24) is 14.7 Å². The molecule has 2 aromatic rings. The van der Waals surface area contributed by atoms with Crippen LogP contribution in [-0.4, -0.2) is 47.3 Å². The molecule has 0 aliphatic carbocycles. The molecule has 1 amide bonds. The highest BCUT2D eigenvalue weighted by Crippen LogP contribution is 2.23. The molecule has 1 N–H and O–H groups in total. The average molecular weight is 385 g/mol. The van der Waals surface area contributed by atoms with E-state index in [0.717, 1.165) is 49.5 Å². The van der Waals surface area contributed by atoms with Gasteiger partial charge in [0.1, 0.15) is 5.75 Å². The fourth-order valence-electron chi connectivity index (χ4n) is 3.93. The average Bonchev–Trinajstić information content (AvgIpc) is 3.22. The Hall–Kier alpha value is -2.34. The van der Waals surface area contributed by atoms with Crippen molar-refractivity contribution in [3.05, 3.63) is 42.2 Å². The van der Waals surface area contributed by atoms with Crippen molar-refractivity contribution in [2.45, 2.75) is 45.6 Å². The Kier molecular flexibility index (Phi) is 7.48. The lowest BCUT2D eigenvalue weighted by Gasteiger charge is -2.32. The van der Waals surface area contributed by atoms with Crippen LogP contribution in [0.25, 0.3) is 0 Å².